The minimum absolute atomic E-state index is 0.251. The second kappa shape index (κ2) is 4.49. The van der Waals surface area contributed by atoms with Gasteiger partial charge in [-0.25, -0.2) is 9.07 Å². The van der Waals surface area contributed by atoms with E-state index in [-0.39, 0.29) is 5.82 Å². The minimum atomic E-state index is -0.251. The third-order valence-electron chi connectivity index (χ3n) is 2.66. The van der Waals surface area contributed by atoms with E-state index in [1.165, 1.54) is 12.1 Å². The SMILES string of the molecule is Cc1cc(F)ccc1-n1nc(C(C)C)cc1Cl. The Hall–Kier alpha value is -1.35. The molecular weight excluding hydrogens is 239 g/mol. The van der Waals surface area contributed by atoms with E-state index in [0.717, 1.165) is 16.9 Å². The van der Waals surface area contributed by atoms with Crippen LogP contribution in [0.3, 0.4) is 0 Å². The highest BCUT2D eigenvalue weighted by molar-refractivity contribution is 6.29. The molecule has 0 amide bonds. The molecule has 0 saturated heterocycles. The van der Waals surface area contributed by atoms with Crippen LogP contribution in [0.4, 0.5) is 4.39 Å². The Balaban J connectivity index is 2.52. The zero-order chi connectivity index (χ0) is 12.6. The van der Waals surface area contributed by atoms with Crippen LogP contribution >= 0.6 is 11.6 Å². The summed E-state index contributed by atoms with van der Waals surface area (Å²) in [5, 5.41) is 4.98. The number of rotatable bonds is 2. The summed E-state index contributed by atoms with van der Waals surface area (Å²) in [6.45, 7) is 5.95. The number of nitrogens with zero attached hydrogens (tertiary/aromatic N) is 2. The molecule has 2 nitrogen and oxygen atoms in total. The van der Waals surface area contributed by atoms with Crippen LogP contribution in [0.1, 0.15) is 31.0 Å². The summed E-state index contributed by atoms with van der Waals surface area (Å²) in [5.41, 5.74) is 2.55. The van der Waals surface area contributed by atoms with E-state index < -0.39 is 0 Å². The summed E-state index contributed by atoms with van der Waals surface area (Å²) >= 11 is 6.14. The normalized spacial score (nSPS) is 11.2. The zero-order valence-electron chi connectivity index (χ0n) is 10.0. The lowest BCUT2D eigenvalue weighted by Gasteiger charge is -2.07. The molecule has 0 unspecified atom stereocenters. The lowest BCUT2D eigenvalue weighted by Crippen LogP contribution is -2.01. The largest absolute Gasteiger partial charge is 0.222 e. The van der Waals surface area contributed by atoms with E-state index in [0.29, 0.717) is 11.1 Å². The summed E-state index contributed by atoms with van der Waals surface area (Å²) < 4.78 is 14.7. The van der Waals surface area contributed by atoms with Gasteiger partial charge in [-0.3, -0.25) is 0 Å². The van der Waals surface area contributed by atoms with Gasteiger partial charge < -0.3 is 0 Å². The van der Waals surface area contributed by atoms with Gasteiger partial charge in [-0.2, -0.15) is 5.10 Å². The summed E-state index contributed by atoms with van der Waals surface area (Å²) in [5.74, 6) is 0.0631. The van der Waals surface area contributed by atoms with Crippen molar-refractivity contribution in [2.24, 2.45) is 0 Å². The van der Waals surface area contributed by atoms with Crippen molar-refractivity contribution >= 4 is 11.6 Å². The number of benzene rings is 1. The second-order valence-electron chi connectivity index (χ2n) is 4.39. The van der Waals surface area contributed by atoms with Crippen LogP contribution in [-0.4, -0.2) is 9.78 Å². The molecule has 0 aliphatic rings. The van der Waals surface area contributed by atoms with Crippen molar-refractivity contribution in [1.29, 1.82) is 0 Å². The van der Waals surface area contributed by atoms with Gasteiger partial charge in [0.25, 0.3) is 0 Å². The number of aromatic nitrogens is 2. The maximum absolute atomic E-state index is 13.0. The first-order valence-corrected chi connectivity index (χ1v) is 5.89. The molecule has 4 heteroatoms. The van der Waals surface area contributed by atoms with Gasteiger partial charge in [-0.05, 0) is 42.7 Å². The van der Waals surface area contributed by atoms with Crippen LogP contribution in [0.2, 0.25) is 5.15 Å². The van der Waals surface area contributed by atoms with Crippen molar-refractivity contribution in [3.05, 3.63) is 46.5 Å². The number of halogens is 2. The third-order valence-corrected chi connectivity index (χ3v) is 2.93. The molecule has 0 bridgehead atoms. The lowest BCUT2D eigenvalue weighted by atomic mass is 10.1. The zero-order valence-corrected chi connectivity index (χ0v) is 10.8. The molecule has 0 aliphatic heterocycles. The van der Waals surface area contributed by atoms with E-state index in [9.17, 15) is 4.39 Å². The fourth-order valence-electron chi connectivity index (χ4n) is 1.68. The molecule has 0 N–H and O–H groups in total. The Morgan fingerprint density at radius 3 is 2.53 bits per heavy atom. The smallest absolute Gasteiger partial charge is 0.133 e. The highest BCUT2D eigenvalue weighted by Gasteiger charge is 2.12. The van der Waals surface area contributed by atoms with E-state index >= 15 is 0 Å². The molecule has 2 rings (SSSR count). The van der Waals surface area contributed by atoms with Crippen molar-refractivity contribution in [3.63, 3.8) is 0 Å². The van der Waals surface area contributed by atoms with Gasteiger partial charge in [0.15, 0.2) is 0 Å². The Bertz CT molecular complexity index is 546. The van der Waals surface area contributed by atoms with Gasteiger partial charge in [0.1, 0.15) is 11.0 Å². The highest BCUT2D eigenvalue weighted by Crippen LogP contribution is 2.23. The third kappa shape index (κ3) is 2.34. The molecule has 1 aromatic heterocycles. The maximum atomic E-state index is 13.0. The first kappa shape index (κ1) is 12.1. The fourth-order valence-corrected chi connectivity index (χ4v) is 1.92. The van der Waals surface area contributed by atoms with E-state index in [4.69, 9.17) is 11.6 Å². The van der Waals surface area contributed by atoms with Crippen LogP contribution in [0.15, 0.2) is 24.3 Å². The Labute approximate surface area is 105 Å². The van der Waals surface area contributed by atoms with Crippen molar-refractivity contribution < 1.29 is 4.39 Å². The molecular formula is C13H14ClFN2. The van der Waals surface area contributed by atoms with E-state index in [1.54, 1.807) is 10.7 Å². The van der Waals surface area contributed by atoms with E-state index in [1.807, 2.05) is 13.0 Å². The monoisotopic (exact) mass is 252 g/mol. The second-order valence-corrected chi connectivity index (χ2v) is 4.78. The molecule has 17 heavy (non-hydrogen) atoms. The molecule has 0 aliphatic carbocycles. The average Bonchev–Trinajstić information content (AvgIpc) is 2.61. The van der Waals surface area contributed by atoms with Gasteiger partial charge >= 0.3 is 0 Å². The van der Waals surface area contributed by atoms with Crippen LogP contribution in [0.25, 0.3) is 5.69 Å². The first-order chi connectivity index (χ1) is 7.99. The van der Waals surface area contributed by atoms with Crippen LogP contribution < -0.4 is 0 Å². The van der Waals surface area contributed by atoms with Crippen LogP contribution in [-0.2, 0) is 0 Å². The maximum Gasteiger partial charge on any atom is 0.133 e. The van der Waals surface area contributed by atoms with Gasteiger partial charge in [-0.1, -0.05) is 25.4 Å². The van der Waals surface area contributed by atoms with Crippen molar-refractivity contribution in [2.45, 2.75) is 26.7 Å². The van der Waals surface area contributed by atoms with Crippen molar-refractivity contribution in [2.75, 3.05) is 0 Å². The quantitative estimate of drug-likeness (QED) is 0.787. The molecule has 0 atom stereocenters. The molecule has 0 spiro atoms. The molecule has 1 aromatic carbocycles. The Kier molecular flexibility index (Phi) is 3.20. The van der Waals surface area contributed by atoms with Gasteiger partial charge in [0.05, 0.1) is 11.4 Å². The summed E-state index contributed by atoms with van der Waals surface area (Å²) in [7, 11) is 0. The molecule has 0 saturated carbocycles. The van der Waals surface area contributed by atoms with Crippen LogP contribution in [0, 0.1) is 12.7 Å². The molecule has 0 fully saturated rings. The summed E-state index contributed by atoms with van der Waals surface area (Å²) in [6.07, 6.45) is 0. The number of aryl methyl sites for hydroxylation is 1. The average molecular weight is 253 g/mol. The fraction of sp³-hybridized carbons (Fsp3) is 0.308. The number of hydrogen-bond donors (Lipinski definition) is 0. The van der Waals surface area contributed by atoms with Gasteiger partial charge in [0.2, 0.25) is 0 Å². The van der Waals surface area contributed by atoms with Crippen molar-refractivity contribution in [1.82, 2.24) is 9.78 Å². The van der Waals surface area contributed by atoms with Gasteiger partial charge in [-0.15, -0.1) is 0 Å². The molecule has 1 heterocycles. The highest BCUT2D eigenvalue weighted by atomic mass is 35.5. The van der Waals surface area contributed by atoms with Gasteiger partial charge in [0, 0.05) is 0 Å². The Morgan fingerprint density at radius 1 is 1.29 bits per heavy atom. The van der Waals surface area contributed by atoms with E-state index in [2.05, 4.69) is 18.9 Å². The lowest BCUT2D eigenvalue weighted by molar-refractivity contribution is 0.625. The number of hydrogen-bond acceptors (Lipinski definition) is 1. The van der Waals surface area contributed by atoms with Crippen molar-refractivity contribution in [3.8, 4) is 5.69 Å². The molecule has 0 radical (unpaired) electrons. The first-order valence-electron chi connectivity index (χ1n) is 5.51. The summed E-state index contributed by atoms with van der Waals surface area (Å²) in [4.78, 5) is 0. The topological polar surface area (TPSA) is 17.8 Å². The summed E-state index contributed by atoms with van der Waals surface area (Å²) in [6, 6.07) is 6.42. The standard InChI is InChI=1S/C13H14ClFN2/c1-8(2)11-7-13(14)17(16-11)12-5-4-10(15)6-9(12)3/h4-8H,1-3H3. The molecule has 90 valence electrons. The predicted molar refractivity (Wildman–Crippen MR) is 67.4 cm³/mol. The Morgan fingerprint density at radius 2 is 2.00 bits per heavy atom. The van der Waals surface area contributed by atoms with Crippen LogP contribution in [0.5, 0.6) is 0 Å². The predicted octanol–water partition coefficient (Wildman–Crippen LogP) is 4.10. The minimum Gasteiger partial charge on any atom is -0.222 e. The molecule has 2 aromatic rings.